The van der Waals surface area contributed by atoms with E-state index in [-0.39, 0.29) is 6.10 Å². The first-order chi connectivity index (χ1) is 10.5. The molecule has 0 aromatic heterocycles. The van der Waals surface area contributed by atoms with Gasteiger partial charge in [-0.3, -0.25) is 0 Å². The van der Waals surface area contributed by atoms with Gasteiger partial charge in [0, 0.05) is 12.2 Å². The molecule has 0 unspecified atom stereocenters. The summed E-state index contributed by atoms with van der Waals surface area (Å²) in [5.41, 5.74) is 3.50. The summed E-state index contributed by atoms with van der Waals surface area (Å²) in [5.74, 6) is 1.85. The molecule has 0 saturated heterocycles. The van der Waals surface area contributed by atoms with Crippen LogP contribution in [0.3, 0.4) is 0 Å². The zero-order valence-corrected chi connectivity index (χ0v) is 13.8. The van der Waals surface area contributed by atoms with Crippen LogP contribution in [0.25, 0.3) is 0 Å². The van der Waals surface area contributed by atoms with E-state index in [4.69, 9.17) is 9.47 Å². The van der Waals surface area contributed by atoms with Gasteiger partial charge in [-0.05, 0) is 63.6 Å². The number of hydrogen-bond donors (Lipinski definition) is 1. The third kappa shape index (κ3) is 4.99. The lowest BCUT2D eigenvalue weighted by atomic mass is 10.1. The van der Waals surface area contributed by atoms with Gasteiger partial charge in [-0.2, -0.15) is 0 Å². The van der Waals surface area contributed by atoms with E-state index in [1.165, 1.54) is 11.1 Å². The fourth-order valence-corrected chi connectivity index (χ4v) is 2.24. The van der Waals surface area contributed by atoms with Crippen LogP contribution in [0.15, 0.2) is 42.5 Å². The molecule has 0 radical (unpaired) electrons. The van der Waals surface area contributed by atoms with Gasteiger partial charge in [0.2, 0.25) is 0 Å². The third-order valence-corrected chi connectivity index (χ3v) is 3.25. The molecule has 2 rings (SSSR count). The number of rotatable bonds is 7. The highest BCUT2D eigenvalue weighted by Crippen LogP contribution is 2.19. The van der Waals surface area contributed by atoms with Crippen molar-refractivity contribution in [1.82, 2.24) is 0 Å². The Morgan fingerprint density at radius 3 is 2.36 bits per heavy atom. The van der Waals surface area contributed by atoms with Crippen LogP contribution in [-0.2, 0) is 0 Å². The van der Waals surface area contributed by atoms with Crippen LogP contribution in [0.5, 0.6) is 11.5 Å². The van der Waals surface area contributed by atoms with Crippen molar-refractivity contribution in [1.29, 1.82) is 0 Å². The molecule has 0 fully saturated rings. The monoisotopic (exact) mass is 299 g/mol. The van der Waals surface area contributed by atoms with Crippen molar-refractivity contribution in [3.8, 4) is 11.5 Å². The number of aryl methyl sites for hydroxylation is 2. The highest BCUT2D eigenvalue weighted by Gasteiger charge is 2.00. The second-order valence-electron chi connectivity index (χ2n) is 5.74. The largest absolute Gasteiger partial charge is 0.491 e. The maximum absolute atomic E-state index is 5.80. The van der Waals surface area contributed by atoms with Crippen LogP contribution in [-0.4, -0.2) is 19.3 Å². The van der Waals surface area contributed by atoms with Gasteiger partial charge >= 0.3 is 0 Å². The van der Waals surface area contributed by atoms with Crippen molar-refractivity contribution < 1.29 is 9.47 Å². The summed E-state index contributed by atoms with van der Waals surface area (Å²) in [4.78, 5) is 0. The van der Waals surface area contributed by atoms with Crippen LogP contribution in [0.2, 0.25) is 0 Å². The van der Waals surface area contributed by atoms with E-state index in [0.29, 0.717) is 6.61 Å². The third-order valence-electron chi connectivity index (χ3n) is 3.25. The molecule has 0 spiro atoms. The first-order valence-corrected chi connectivity index (χ1v) is 7.75. The zero-order valence-electron chi connectivity index (χ0n) is 13.8. The van der Waals surface area contributed by atoms with Gasteiger partial charge in [-0.15, -0.1) is 0 Å². The van der Waals surface area contributed by atoms with E-state index >= 15 is 0 Å². The first kappa shape index (κ1) is 16.2. The molecule has 0 aliphatic heterocycles. The van der Waals surface area contributed by atoms with Crippen LogP contribution in [0.1, 0.15) is 25.0 Å². The average molecular weight is 299 g/mol. The maximum Gasteiger partial charge on any atom is 0.122 e. The van der Waals surface area contributed by atoms with Gasteiger partial charge in [-0.25, -0.2) is 0 Å². The quantitative estimate of drug-likeness (QED) is 0.759. The number of nitrogens with one attached hydrogen (secondary N) is 1. The van der Waals surface area contributed by atoms with Gasteiger partial charge in [0.1, 0.15) is 18.1 Å². The summed E-state index contributed by atoms with van der Waals surface area (Å²) in [6.45, 7) is 9.60. The zero-order chi connectivity index (χ0) is 15.9. The van der Waals surface area contributed by atoms with E-state index < -0.39 is 0 Å². The average Bonchev–Trinajstić information content (AvgIpc) is 2.46. The Morgan fingerprint density at radius 1 is 1.00 bits per heavy atom. The molecule has 1 N–H and O–H groups in total. The Kier molecular flexibility index (Phi) is 5.70. The van der Waals surface area contributed by atoms with Crippen LogP contribution in [0, 0.1) is 13.8 Å². The highest BCUT2D eigenvalue weighted by atomic mass is 16.5. The molecule has 0 atom stereocenters. The lowest BCUT2D eigenvalue weighted by Gasteiger charge is -2.12. The van der Waals surface area contributed by atoms with Crippen molar-refractivity contribution in [3.05, 3.63) is 53.6 Å². The van der Waals surface area contributed by atoms with Gasteiger partial charge in [-0.1, -0.05) is 17.7 Å². The van der Waals surface area contributed by atoms with Gasteiger partial charge in [0.05, 0.1) is 6.10 Å². The second kappa shape index (κ2) is 7.74. The van der Waals surface area contributed by atoms with Crippen LogP contribution in [0.4, 0.5) is 5.69 Å². The normalized spacial score (nSPS) is 10.6. The van der Waals surface area contributed by atoms with Crippen molar-refractivity contribution in [2.75, 3.05) is 18.5 Å². The predicted molar refractivity (Wildman–Crippen MR) is 92.1 cm³/mol. The van der Waals surface area contributed by atoms with Gasteiger partial charge in [0.25, 0.3) is 0 Å². The summed E-state index contributed by atoms with van der Waals surface area (Å²) in [5, 5.41) is 3.35. The molecule has 0 amide bonds. The summed E-state index contributed by atoms with van der Waals surface area (Å²) in [6.07, 6.45) is 0.199. The standard InChI is InChI=1S/C19H25NO2/c1-14(2)22-18-8-6-17(7-9-18)20-11-12-21-19-10-5-15(3)13-16(19)4/h5-10,13-14,20H,11-12H2,1-4H3. The summed E-state index contributed by atoms with van der Waals surface area (Å²) in [6, 6.07) is 14.2. The number of anilines is 1. The molecule has 2 aromatic rings. The molecule has 0 heterocycles. The molecule has 3 heteroatoms. The van der Waals surface area contributed by atoms with Crippen molar-refractivity contribution in [2.24, 2.45) is 0 Å². The SMILES string of the molecule is Cc1ccc(OCCNc2ccc(OC(C)C)cc2)c(C)c1. The molecule has 2 aromatic carbocycles. The van der Waals surface area contributed by atoms with Crippen LogP contribution < -0.4 is 14.8 Å². The molecule has 0 saturated carbocycles. The van der Waals surface area contributed by atoms with Crippen molar-refractivity contribution >= 4 is 5.69 Å². The summed E-state index contributed by atoms with van der Waals surface area (Å²) >= 11 is 0. The van der Waals surface area contributed by atoms with E-state index in [0.717, 1.165) is 23.7 Å². The van der Waals surface area contributed by atoms with Gasteiger partial charge < -0.3 is 14.8 Å². The van der Waals surface area contributed by atoms with E-state index in [1.807, 2.05) is 44.2 Å². The molecule has 22 heavy (non-hydrogen) atoms. The molecule has 0 aliphatic rings. The molecule has 3 nitrogen and oxygen atoms in total. The van der Waals surface area contributed by atoms with E-state index in [1.54, 1.807) is 0 Å². The minimum Gasteiger partial charge on any atom is -0.491 e. The van der Waals surface area contributed by atoms with Crippen LogP contribution >= 0.6 is 0 Å². The van der Waals surface area contributed by atoms with Gasteiger partial charge in [0.15, 0.2) is 0 Å². The number of benzene rings is 2. The topological polar surface area (TPSA) is 30.5 Å². The first-order valence-electron chi connectivity index (χ1n) is 7.75. The molecular formula is C19H25NO2. The fourth-order valence-electron chi connectivity index (χ4n) is 2.24. The van der Waals surface area contributed by atoms with E-state index in [9.17, 15) is 0 Å². The predicted octanol–water partition coefficient (Wildman–Crippen LogP) is 4.58. The van der Waals surface area contributed by atoms with Crippen molar-refractivity contribution in [3.63, 3.8) is 0 Å². The number of ether oxygens (including phenoxy) is 2. The Hall–Kier alpha value is -2.16. The Bertz CT molecular complexity index is 591. The fraction of sp³-hybridized carbons (Fsp3) is 0.368. The Balaban J connectivity index is 1.76. The number of hydrogen-bond acceptors (Lipinski definition) is 3. The summed E-state index contributed by atoms with van der Waals surface area (Å²) < 4.78 is 11.4. The molecular weight excluding hydrogens is 274 g/mol. The summed E-state index contributed by atoms with van der Waals surface area (Å²) in [7, 11) is 0. The lowest BCUT2D eigenvalue weighted by Crippen LogP contribution is -2.12. The van der Waals surface area contributed by atoms with Crippen molar-refractivity contribution in [2.45, 2.75) is 33.8 Å². The molecule has 0 bridgehead atoms. The maximum atomic E-state index is 5.80. The minimum atomic E-state index is 0.199. The second-order valence-corrected chi connectivity index (χ2v) is 5.74. The lowest BCUT2D eigenvalue weighted by molar-refractivity contribution is 0.242. The molecule has 0 aliphatic carbocycles. The minimum absolute atomic E-state index is 0.199. The Morgan fingerprint density at radius 2 is 1.73 bits per heavy atom. The Labute approximate surface area is 133 Å². The highest BCUT2D eigenvalue weighted by molar-refractivity contribution is 5.46. The molecule has 118 valence electrons. The van der Waals surface area contributed by atoms with E-state index in [2.05, 4.69) is 31.3 Å². The smallest absolute Gasteiger partial charge is 0.122 e.